The quantitative estimate of drug-likeness (QED) is 0.598. The van der Waals surface area contributed by atoms with Crippen LogP contribution in [0.25, 0.3) is 0 Å². The third-order valence-electron chi connectivity index (χ3n) is 4.60. The Labute approximate surface area is 173 Å². The van der Waals surface area contributed by atoms with Crippen LogP contribution in [0.4, 0.5) is 0 Å². The molecule has 0 aliphatic carbocycles. The summed E-state index contributed by atoms with van der Waals surface area (Å²) < 4.78 is 6.01. The van der Waals surface area contributed by atoms with Crippen molar-refractivity contribution in [2.75, 3.05) is 20.7 Å². The van der Waals surface area contributed by atoms with Gasteiger partial charge < -0.3 is 15.0 Å². The Balaban J connectivity index is 1.55. The van der Waals surface area contributed by atoms with Gasteiger partial charge in [-0.25, -0.2) is 0 Å². The normalized spacial score (nSPS) is 11.0. The van der Waals surface area contributed by atoms with E-state index in [1.807, 2.05) is 74.8 Å². The minimum Gasteiger partial charge on any atom is -0.359 e. The molecule has 0 heterocycles. The number of nitrogens with zero attached hydrogens (tertiary/aromatic N) is 1. The van der Waals surface area contributed by atoms with Gasteiger partial charge in [0.1, 0.15) is 12.7 Å². The number of hydrogen-bond acceptors (Lipinski definition) is 3. The standard InChI is InChI=1S/C25H28N2O2/c1-27(2)18-21-15-13-20(14-16-21)17-26-24(28)19-29-25(22-9-5-3-6-10-22)23-11-7-4-8-12-23/h3-16,25H,17-19H2,1-2H3,(H,26,28). The number of carbonyl (C=O) groups is 1. The molecular weight excluding hydrogens is 360 g/mol. The average molecular weight is 389 g/mol. The summed E-state index contributed by atoms with van der Waals surface area (Å²) in [5.41, 5.74) is 4.39. The molecule has 4 nitrogen and oxygen atoms in total. The Morgan fingerprint density at radius 2 is 1.34 bits per heavy atom. The van der Waals surface area contributed by atoms with E-state index in [1.165, 1.54) is 5.56 Å². The molecule has 1 amide bonds. The molecule has 0 atom stereocenters. The molecule has 0 aliphatic rings. The summed E-state index contributed by atoms with van der Waals surface area (Å²) in [4.78, 5) is 14.5. The molecule has 0 saturated heterocycles. The molecule has 3 aromatic rings. The number of rotatable bonds is 9. The zero-order valence-corrected chi connectivity index (χ0v) is 17.0. The largest absolute Gasteiger partial charge is 0.359 e. The zero-order valence-electron chi connectivity index (χ0n) is 17.0. The fourth-order valence-corrected chi connectivity index (χ4v) is 3.18. The van der Waals surface area contributed by atoms with Crippen molar-refractivity contribution >= 4 is 5.91 Å². The van der Waals surface area contributed by atoms with E-state index in [1.54, 1.807) is 0 Å². The Morgan fingerprint density at radius 1 is 0.828 bits per heavy atom. The van der Waals surface area contributed by atoms with Crippen LogP contribution in [0.2, 0.25) is 0 Å². The molecule has 0 aromatic heterocycles. The fraction of sp³-hybridized carbons (Fsp3) is 0.240. The molecule has 0 saturated carbocycles. The SMILES string of the molecule is CN(C)Cc1ccc(CNC(=O)COC(c2ccccc2)c2ccccc2)cc1. The number of nitrogens with one attached hydrogen (secondary N) is 1. The van der Waals surface area contributed by atoms with Crippen molar-refractivity contribution in [2.45, 2.75) is 19.2 Å². The molecule has 3 aromatic carbocycles. The summed E-state index contributed by atoms with van der Waals surface area (Å²) in [6.07, 6.45) is -0.270. The van der Waals surface area contributed by atoms with Gasteiger partial charge in [0.15, 0.2) is 0 Å². The monoisotopic (exact) mass is 388 g/mol. The first-order valence-corrected chi connectivity index (χ1v) is 9.82. The van der Waals surface area contributed by atoms with E-state index < -0.39 is 0 Å². The van der Waals surface area contributed by atoms with Gasteiger partial charge in [0.2, 0.25) is 5.91 Å². The predicted octanol–water partition coefficient (Wildman–Crippen LogP) is 4.17. The van der Waals surface area contributed by atoms with Crippen LogP contribution in [0.3, 0.4) is 0 Å². The lowest BCUT2D eigenvalue weighted by atomic mass is 10.0. The first kappa shape index (κ1) is 20.8. The van der Waals surface area contributed by atoms with Gasteiger partial charge in [0, 0.05) is 13.1 Å². The van der Waals surface area contributed by atoms with Gasteiger partial charge >= 0.3 is 0 Å². The van der Waals surface area contributed by atoms with Crippen molar-refractivity contribution in [1.29, 1.82) is 0 Å². The number of hydrogen-bond donors (Lipinski definition) is 1. The molecule has 29 heavy (non-hydrogen) atoms. The van der Waals surface area contributed by atoms with Gasteiger partial charge in [-0.3, -0.25) is 4.79 Å². The van der Waals surface area contributed by atoms with Crippen LogP contribution in [0.15, 0.2) is 84.9 Å². The third-order valence-corrected chi connectivity index (χ3v) is 4.60. The van der Waals surface area contributed by atoms with Crippen molar-refractivity contribution in [3.05, 3.63) is 107 Å². The van der Waals surface area contributed by atoms with Crippen molar-refractivity contribution in [3.63, 3.8) is 0 Å². The lowest BCUT2D eigenvalue weighted by molar-refractivity contribution is -0.127. The molecule has 0 spiro atoms. The number of benzene rings is 3. The average Bonchev–Trinajstić information content (AvgIpc) is 2.74. The smallest absolute Gasteiger partial charge is 0.246 e. The van der Waals surface area contributed by atoms with Crippen LogP contribution in [0.5, 0.6) is 0 Å². The van der Waals surface area contributed by atoms with Crippen LogP contribution < -0.4 is 5.32 Å². The summed E-state index contributed by atoms with van der Waals surface area (Å²) in [5, 5.41) is 2.94. The molecule has 0 fully saturated rings. The van der Waals surface area contributed by atoms with Crippen LogP contribution >= 0.6 is 0 Å². The number of carbonyl (C=O) groups excluding carboxylic acids is 1. The summed E-state index contributed by atoms with van der Waals surface area (Å²) in [5.74, 6) is -0.126. The topological polar surface area (TPSA) is 41.6 Å². The maximum Gasteiger partial charge on any atom is 0.246 e. The van der Waals surface area contributed by atoms with E-state index in [9.17, 15) is 4.79 Å². The maximum absolute atomic E-state index is 12.4. The Bertz CT molecular complexity index is 838. The molecule has 4 heteroatoms. The first-order chi connectivity index (χ1) is 14.1. The van der Waals surface area contributed by atoms with Crippen molar-refractivity contribution < 1.29 is 9.53 Å². The first-order valence-electron chi connectivity index (χ1n) is 9.82. The summed E-state index contributed by atoms with van der Waals surface area (Å²) in [7, 11) is 4.10. The minimum atomic E-state index is -0.270. The van der Waals surface area contributed by atoms with Crippen LogP contribution in [0, 0.1) is 0 Å². The van der Waals surface area contributed by atoms with Gasteiger partial charge in [-0.15, -0.1) is 0 Å². The summed E-state index contributed by atoms with van der Waals surface area (Å²) >= 11 is 0. The molecule has 1 N–H and O–H groups in total. The van der Waals surface area contributed by atoms with Gasteiger partial charge in [-0.05, 0) is 36.3 Å². The molecule has 0 bridgehead atoms. The minimum absolute atomic E-state index is 0.00711. The zero-order chi connectivity index (χ0) is 20.5. The van der Waals surface area contributed by atoms with Crippen molar-refractivity contribution in [1.82, 2.24) is 10.2 Å². The van der Waals surface area contributed by atoms with Crippen LogP contribution in [0.1, 0.15) is 28.4 Å². The molecular formula is C25H28N2O2. The van der Waals surface area contributed by atoms with E-state index >= 15 is 0 Å². The summed E-state index contributed by atoms with van der Waals surface area (Å²) in [6.45, 7) is 1.40. The van der Waals surface area contributed by atoms with Gasteiger partial charge in [0.25, 0.3) is 0 Å². The fourth-order valence-electron chi connectivity index (χ4n) is 3.18. The molecule has 0 radical (unpaired) electrons. The number of ether oxygens (including phenoxy) is 1. The van der Waals surface area contributed by atoms with E-state index in [-0.39, 0.29) is 18.6 Å². The Kier molecular flexibility index (Phi) is 7.56. The highest BCUT2D eigenvalue weighted by Crippen LogP contribution is 2.25. The van der Waals surface area contributed by atoms with Gasteiger partial charge in [-0.1, -0.05) is 84.9 Å². The van der Waals surface area contributed by atoms with Gasteiger partial charge in [-0.2, -0.15) is 0 Å². The highest BCUT2D eigenvalue weighted by atomic mass is 16.5. The van der Waals surface area contributed by atoms with E-state index in [4.69, 9.17) is 4.74 Å². The predicted molar refractivity (Wildman–Crippen MR) is 116 cm³/mol. The lowest BCUT2D eigenvalue weighted by Gasteiger charge is -2.19. The van der Waals surface area contributed by atoms with E-state index in [2.05, 4.69) is 34.5 Å². The lowest BCUT2D eigenvalue weighted by Crippen LogP contribution is -2.28. The molecule has 3 rings (SSSR count). The molecule has 0 unspecified atom stereocenters. The maximum atomic E-state index is 12.4. The van der Waals surface area contributed by atoms with Crippen molar-refractivity contribution in [3.8, 4) is 0 Å². The van der Waals surface area contributed by atoms with Gasteiger partial charge in [0.05, 0.1) is 0 Å². The van der Waals surface area contributed by atoms with Crippen LogP contribution in [-0.4, -0.2) is 31.5 Å². The second-order valence-corrected chi connectivity index (χ2v) is 7.34. The molecule has 0 aliphatic heterocycles. The Morgan fingerprint density at radius 3 is 1.86 bits per heavy atom. The van der Waals surface area contributed by atoms with Crippen molar-refractivity contribution in [2.24, 2.45) is 0 Å². The van der Waals surface area contributed by atoms with E-state index in [0.717, 1.165) is 23.2 Å². The molecule has 150 valence electrons. The van der Waals surface area contributed by atoms with Crippen LogP contribution in [-0.2, 0) is 22.6 Å². The Hall–Kier alpha value is -2.95. The second-order valence-electron chi connectivity index (χ2n) is 7.34. The highest BCUT2D eigenvalue weighted by molar-refractivity contribution is 5.77. The summed E-state index contributed by atoms with van der Waals surface area (Å²) in [6, 6.07) is 28.2. The second kappa shape index (κ2) is 10.6. The third kappa shape index (κ3) is 6.56. The highest BCUT2D eigenvalue weighted by Gasteiger charge is 2.16. The number of amides is 1. The van der Waals surface area contributed by atoms with E-state index in [0.29, 0.717) is 6.54 Å².